The van der Waals surface area contributed by atoms with Crippen LogP contribution in [0.1, 0.15) is 24.2 Å². The predicted octanol–water partition coefficient (Wildman–Crippen LogP) is 3.16. The Balaban J connectivity index is 2.11. The lowest BCUT2D eigenvalue weighted by molar-refractivity contribution is 0.0774. The zero-order valence-corrected chi connectivity index (χ0v) is 16.6. The molecule has 146 valence electrons. The Kier molecular flexibility index (Phi) is 5.79. The van der Waals surface area contributed by atoms with Crippen LogP contribution in [0.15, 0.2) is 71.8 Å². The highest BCUT2D eigenvalue weighted by molar-refractivity contribution is 7.92. The van der Waals surface area contributed by atoms with Gasteiger partial charge in [0.1, 0.15) is 5.56 Å². The predicted molar refractivity (Wildman–Crippen MR) is 108 cm³/mol. The minimum absolute atomic E-state index is 0.108. The van der Waals surface area contributed by atoms with E-state index < -0.39 is 10.0 Å². The minimum atomic E-state index is -3.89. The number of nitrogens with one attached hydrogen (secondary N) is 1. The molecule has 2 aromatic carbocycles. The van der Waals surface area contributed by atoms with Gasteiger partial charge in [-0.2, -0.15) is 5.10 Å². The van der Waals surface area contributed by atoms with Crippen molar-refractivity contribution in [2.24, 2.45) is 0 Å². The summed E-state index contributed by atoms with van der Waals surface area (Å²) in [6.07, 6.45) is 1.40. The number of amides is 1. The van der Waals surface area contributed by atoms with Gasteiger partial charge in [-0.25, -0.2) is 13.1 Å². The van der Waals surface area contributed by atoms with E-state index in [1.807, 2.05) is 32.0 Å². The van der Waals surface area contributed by atoms with Crippen molar-refractivity contribution in [3.8, 4) is 5.69 Å². The number of sulfonamides is 1. The second-order valence-electron chi connectivity index (χ2n) is 6.05. The van der Waals surface area contributed by atoms with Gasteiger partial charge in [0, 0.05) is 13.1 Å². The van der Waals surface area contributed by atoms with Gasteiger partial charge in [0.15, 0.2) is 5.82 Å². The van der Waals surface area contributed by atoms with E-state index in [4.69, 9.17) is 0 Å². The number of hydrogen-bond donors (Lipinski definition) is 1. The van der Waals surface area contributed by atoms with Gasteiger partial charge in [0.25, 0.3) is 15.9 Å². The first-order valence-corrected chi connectivity index (χ1v) is 10.5. The number of benzene rings is 2. The van der Waals surface area contributed by atoms with Crippen LogP contribution in [-0.4, -0.2) is 42.1 Å². The number of carbonyl (C=O) groups is 1. The van der Waals surface area contributed by atoms with Crippen LogP contribution in [0, 0.1) is 0 Å². The maximum atomic E-state index is 12.9. The monoisotopic (exact) mass is 398 g/mol. The zero-order valence-electron chi connectivity index (χ0n) is 15.7. The molecule has 0 unspecified atom stereocenters. The van der Waals surface area contributed by atoms with E-state index in [2.05, 4.69) is 9.82 Å². The molecule has 0 fully saturated rings. The van der Waals surface area contributed by atoms with Crippen LogP contribution in [0.3, 0.4) is 0 Å². The molecule has 0 aliphatic carbocycles. The quantitative estimate of drug-likeness (QED) is 0.663. The van der Waals surface area contributed by atoms with Crippen molar-refractivity contribution in [2.75, 3.05) is 17.8 Å². The average molecular weight is 398 g/mol. The number of hydrogen-bond acceptors (Lipinski definition) is 4. The average Bonchev–Trinajstić information content (AvgIpc) is 3.13. The number of aromatic nitrogens is 2. The molecule has 0 spiro atoms. The van der Waals surface area contributed by atoms with Gasteiger partial charge >= 0.3 is 0 Å². The molecule has 0 bridgehead atoms. The van der Waals surface area contributed by atoms with Gasteiger partial charge in [-0.1, -0.05) is 36.4 Å². The van der Waals surface area contributed by atoms with Crippen LogP contribution in [0.25, 0.3) is 5.69 Å². The van der Waals surface area contributed by atoms with Crippen LogP contribution in [-0.2, 0) is 10.0 Å². The summed E-state index contributed by atoms with van der Waals surface area (Å²) in [7, 11) is -3.89. The highest BCUT2D eigenvalue weighted by Gasteiger charge is 2.26. The summed E-state index contributed by atoms with van der Waals surface area (Å²) >= 11 is 0. The summed E-state index contributed by atoms with van der Waals surface area (Å²) in [5, 5.41) is 4.28. The van der Waals surface area contributed by atoms with Gasteiger partial charge in [-0.05, 0) is 38.1 Å². The number of carbonyl (C=O) groups excluding carboxylic acids is 1. The van der Waals surface area contributed by atoms with Gasteiger partial charge in [-0.15, -0.1) is 0 Å². The van der Waals surface area contributed by atoms with Gasteiger partial charge < -0.3 is 4.90 Å². The van der Waals surface area contributed by atoms with Crippen molar-refractivity contribution in [3.63, 3.8) is 0 Å². The lowest BCUT2D eigenvalue weighted by Gasteiger charge is -2.19. The summed E-state index contributed by atoms with van der Waals surface area (Å²) in [4.78, 5) is 14.7. The van der Waals surface area contributed by atoms with Crippen molar-refractivity contribution in [1.82, 2.24) is 14.7 Å². The van der Waals surface area contributed by atoms with Gasteiger partial charge in [0.2, 0.25) is 0 Å². The van der Waals surface area contributed by atoms with E-state index >= 15 is 0 Å². The van der Waals surface area contributed by atoms with E-state index in [-0.39, 0.29) is 22.2 Å². The third kappa shape index (κ3) is 3.91. The number of rotatable bonds is 7. The molecule has 0 aliphatic rings. The van der Waals surface area contributed by atoms with E-state index in [0.29, 0.717) is 18.8 Å². The summed E-state index contributed by atoms with van der Waals surface area (Å²) in [6.45, 7) is 4.76. The second kappa shape index (κ2) is 8.26. The van der Waals surface area contributed by atoms with Crippen molar-refractivity contribution >= 4 is 21.7 Å². The molecule has 0 atom stereocenters. The smallest absolute Gasteiger partial charge is 0.263 e. The Hall–Kier alpha value is -3.13. The first-order valence-electron chi connectivity index (χ1n) is 8.98. The summed E-state index contributed by atoms with van der Waals surface area (Å²) < 4.78 is 29.8. The fraction of sp³-hybridized carbons (Fsp3) is 0.200. The zero-order chi connectivity index (χ0) is 20.1. The Labute approximate surface area is 164 Å². The van der Waals surface area contributed by atoms with Crippen molar-refractivity contribution < 1.29 is 13.2 Å². The Morgan fingerprint density at radius 3 is 2.14 bits per heavy atom. The topological polar surface area (TPSA) is 84.3 Å². The molecule has 0 saturated heterocycles. The number of nitrogens with zero attached hydrogens (tertiary/aromatic N) is 3. The summed E-state index contributed by atoms with van der Waals surface area (Å²) in [5.74, 6) is -0.162. The number of anilines is 1. The molecule has 28 heavy (non-hydrogen) atoms. The lowest BCUT2D eigenvalue weighted by atomic mass is 10.2. The van der Waals surface area contributed by atoms with Crippen LogP contribution in [0.4, 0.5) is 5.82 Å². The SMILES string of the molecule is CCN(CC)C(=O)c1cnn(-c2ccccc2)c1NS(=O)(=O)c1ccccc1. The molecule has 8 heteroatoms. The molecule has 0 saturated carbocycles. The third-order valence-corrected chi connectivity index (χ3v) is 5.69. The minimum Gasteiger partial charge on any atom is -0.339 e. The molecule has 3 aromatic rings. The van der Waals surface area contributed by atoms with Gasteiger partial charge in [0.05, 0.1) is 16.8 Å². The Morgan fingerprint density at radius 1 is 1.00 bits per heavy atom. The standard InChI is InChI=1S/C20H22N4O3S/c1-3-23(4-2)20(25)18-15-21-24(16-11-7-5-8-12-16)19(18)22-28(26,27)17-13-9-6-10-14-17/h5-15,22H,3-4H2,1-2H3. The molecular weight excluding hydrogens is 376 g/mol. The van der Waals surface area contributed by atoms with E-state index in [9.17, 15) is 13.2 Å². The maximum Gasteiger partial charge on any atom is 0.263 e. The fourth-order valence-corrected chi connectivity index (χ4v) is 3.92. The normalized spacial score (nSPS) is 11.2. The fourth-order valence-electron chi connectivity index (χ4n) is 2.84. The second-order valence-corrected chi connectivity index (χ2v) is 7.73. The maximum absolute atomic E-state index is 12.9. The van der Waals surface area contributed by atoms with E-state index in [1.165, 1.54) is 23.0 Å². The molecule has 0 aliphatic heterocycles. The van der Waals surface area contributed by atoms with Gasteiger partial charge in [-0.3, -0.25) is 9.52 Å². The van der Waals surface area contributed by atoms with E-state index in [0.717, 1.165) is 0 Å². The third-order valence-electron chi connectivity index (χ3n) is 4.34. The first-order chi connectivity index (χ1) is 13.5. The molecule has 0 radical (unpaired) electrons. The van der Waals surface area contributed by atoms with Crippen LogP contribution >= 0.6 is 0 Å². The molecule has 1 N–H and O–H groups in total. The van der Waals surface area contributed by atoms with Crippen LogP contribution in [0.2, 0.25) is 0 Å². The van der Waals surface area contributed by atoms with Crippen molar-refractivity contribution in [3.05, 3.63) is 72.4 Å². The molecule has 7 nitrogen and oxygen atoms in total. The highest BCUT2D eigenvalue weighted by atomic mass is 32.2. The van der Waals surface area contributed by atoms with Crippen molar-refractivity contribution in [2.45, 2.75) is 18.7 Å². The molecule has 3 rings (SSSR count). The molecular formula is C20H22N4O3S. The molecule has 1 heterocycles. The van der Waals surface area contributed by atoms with Crippen LogP contribution in [0.5, 0.6) is 0 Å². The summed E-state index contributed by atoms with van der Waals surface area (Å²) in [5.41, 5.74) is 0.846. The van der Waals surface area contributed by atoms with Crippen molar-refractivity contribution in [1.29, 1.82) is 0 Å². The summed E-state index contributed by atoms with van der Waals surface area (Å²) in [6, 6.07) is 17.1. The highest BCUT2D eigenvalue weighted by Crippen LogP contribution is 2.25. The Morgan fingerprint density at radius 2 is 1.57 bits per heavy atom. The molecule has 1 amide bonds. The largest absolute Gasteiger partial charge is 0.339 e. The first kappa shape index (κ1) is 19.6. The molecule has 1 aromatic heterocycles. The number of para-hydroxylation sites is 1. The Bertz CT molecular complexity index is 1040. The lowest BCUT2D eigenvalue weighted by Crippen LogP contribution is -2.31. The van der Waals surface area contributed by atoms with Crippen LogP contribution < -0.4 is 4.72 Å². The van der Waals surface area contributed by atoms with E-state index in [1.54, 1.807) is 35.2 Å².